The number of nitrogens with zero attached hydrogens (tertiary/aromatic N) is 1. The van der Waals surface area contributed by atoms with E-state index < -0.39 is 18.1 Å². The summed E-state index contributed by atoms with van der Waals surface area (Å²) in [4.78, 5) is 14.6. The molecule has 0 spiro atoms. The SMILES string of the molecule is O=C(N[C@H]1CCCC[C@H]1C(F)(F)F)C1CCN(c2ccccc2)C1. The van der Waals surface area contributed by atoms with E-state index in [0.717, 1.165) is 18.7 Å². The first-order chi connectivity index (χ1) is 11.4. The van der Waals surface area contributed by atoms with Gasteiger partial charge in [0.2, 0.25) is 5.91 Å². The van der Waals surface area contributed by atoms with E-state index in [2.05, 4.69) is 10.2 Å². The number of nitrogens with one attached hydrogen (secondary N) is 1. The summed E-state index contributed by atoms with van der Waals surface area (Å²) < 4.78 is 39.4. The van der Waals surface area contributed by atoms with Crippen molar-refractivity contribution < 1.29 is 18.0 Å². The van der Waals surface area contributed by atoms with Gasteiger partial charge >= 0.3 is 6.18 Å². The molecule has 24 heavy (non-hydrogen) atoms. The number of carbonyl (C=O) groups excluding carboxylic acids is 1. The second kappa shape index (κ2) is 7.03. The number of para-hydroxylation sites is 1. The Morgan fingerprint density at radius 2 is 1.79 bits per heavy atom. The van der Waals surface area contributed by atoms with E-state index in [4.69, 9.17) is 0 Å². The van der Waals surface area contributed by atoms with Crippen LogP contribution in [0.5, 0.6) is 0 Å². The first-order valence-corrected chi connectivity index (χ1v) is 8.62. The summed E-state index contributed by atoms with van der Waals surface area (Å²) in [6, 6.07) is 9.03. The zero-order valence-electron chi connectivity index (χ0n) is 13.6. The molecule has 0 aromatic heterocycles. The van der Waals surface area contributed by atoms with E-state index in [1.54, 1.807) is 0 Å². The average Bonchev–Trinajstić information content (AvgIpc) is 3.05. The monoisotopic (exact) mass is 340 g/mol. The molecule has 0 radical (unpaired) electrons. The Balaban J connectivity index is 1.59. The summed E-state index contributed by atoms with van der Waals surface area (Å²) in [5.41, 5.74) is 1.05. The van der Waals surface area contributed by atoms with Crippen molar-refractivity contribution >= 4 is 11.6 Å². The van der Waals surface area contributed by atoms with Crippen molar-refractivity contribution in [1.29, 1.82) is 0 Å². The number of anilines is 1. The zero-order chi connectivity index (χ0) is 17.2. The Morgan fingerprint density at radius 1 is 1.08 bits per heavy atom. The van der Waals surface area contributed by atoms with Gasteiger partial charge in [0.05, 0.1) is 11.8 Å². The number of hydrogen-bond donors (Lipinski definition) is 1. The molecule has 1 heterocycles. The topological polar surface area (TPSA) is 32.3 Å². The molecule has 1 saturated carbocycles. The molecule has 3 rings (SSSR count). The second-order valence-electron chi connectivity index (χ2n) is 6.81. The van der Waals surface area contributed by atoms with Gasteiger partial charge in [-0.2, -0.15) is 13.2 Å². The number of benzene rings is 1. The molecule has 2 fully saturated rings. The summed E-state index contributed by atoms with van der Waals surface area (Å²) in [6.07, 6.45) is -1.67. The lowest BCUT2D eigenvalue weighted by molar-refractivity contribution is -0.189. The highest BCUT2D eigenvalue weighted by molar-refractivity contribution is 5.80. The third-order valence-corrected chi connectivity index (χ3v) is 5.19. The lowest BCUT2D eigenvalue weighted by Crippen LogP contribution is -2.49. The molecule has 2 aliphatic rings. The first kappa shape index (κ1) is 17.1. The van der Waals surface area contributed by atoms with Gasteiger partial charge in [-0.25, -0.2) is 0 Å². The fraction of sp³-hybridized carbons (Fsp3) is 0.611. The maximum Gasteiger partial charge on any atom is 0.393 e. The van der Waals surface area contributed by atoms with Crippen LogP contribution in [0.15, 0.2) is 30.3 Å². The minimum absolute atomic E-state index is 0.120. The normalized spacial score (nSPS) is 28.0. The van der Waals surface area contributed by atoms with Gasteiger partial charge in [-0.05, 0) is 31.4 Å². The van der Waals surface area contributed by atoms with Crippen LogP contribution in [-0.2, 0) is 4.79 Å². The number of rotatable bonds is 3. The number of carbonyl (C=O) groups is 1. The Morgan fingerprint density at radius 3 is 2.50 bits per heavy atom. The van der Waals surface area contributed by atoms with Crippen LogP contribution in [0, 0.1) is 11.8 Å². The standard InChI is InChI=1S/C18H23F3N2O/c19-18(20,21)15-8-4-5-9-16(15)22-17(24)13-10-11-23(12-13)14-6-2-1-3-7-14/h1-3,6-7,13,15-16H,4-5,8-12H2,(H,22,24)/t13?,15-,16+/m1/s1. The largest absolute Gasteiger partial charge is 0.393 e. The summed E-state index contributed by atoms with van der Waals surface area (Å²) in [5, 5.41) is 2.70. The number of amides is 1. The molecule has 1 unspecified atom stereocenters. The van der Waals surface area contributed by atoms with Crippen LogP contribution >= 0.6 is 0 Å². The second-order valence-corrected chi connectivity index (χ2v) is 6.81. The molecule has 6 heteroatoms. The van der Waals surface area contributed by atoms with Gasteiger partial charge in [0, 0.05) is 24.8 Å². The summed E-state index contributed by atoms with van der Waals surface area (Å²) in [5.74, 6) is -1.86. The molecule has 1 aromatic rings. The lowest BCUT2D eigenvalue weighted by atomic mass is 9.83. The van der Waals surface area contributed by atoms with Gasteiger partial charge in [0.15, 0.2) is 0 Å². The molecule has 132 valence electrons. The lowest BCUT2D eigenvalue weighted by Gasteiger charge is -2.34. The van der Waals surface area contributed by atoms with Gasteiger partial charge in [0.25, 0.3) is 0 Å². The number of alkyl halides is 3. The van der Waals surface area contributed by atoms with Crippen LogP contribution < -0.4 is 10.2 Å². The molecule has 1 aliphatic carbocycles. The molecular formula is C18H23F3N2O. The molecule has 3 nitrogen and oxygen atoms in total. The smallest absolute Gasteiger partial charge is 0.371 e. The molecule has 1 saturated heterocycles. The van der Waals surface area contributed by atoms with Crippen molar-refractivity contribution in [1.82, 2.24) is 5.32 Å². The minimum Gasteiger partial charge on any atom is -0.371 e. The van der Waals surface area contributed by atoms with Crippen LogP contribution in [0.1, 0.15) is 32.1 Å². The summed E-state index contributed by atoms with van der Waals surface area (Å²) >= 11 is 0. The third-order valence-electron chi connectivity index (χ3n) is 5.19. The van der Waals surface area contributed by atoms with E-state index >= 15 is 0 Å². The van der Waals surface area contributed by atoms with E-state index in [1.165, 1.54) is 0 Å². The van der Waals surface area contributed by atoms with Crippen LogP contribution in [0.3, 0.4) is 0 Å². The van der Waals surface area contributed by atoms with Crippen LogP contribution in [-0.4, -0.2) is 31.2 Å². The highest BCUT2D eigenvalue weighted by atomic mass is 19.4. The Kier molecular flexibility index (Phi) is 5.01. The Labute approximate surface area is 140 Å². The van der Waals surface area contributed by atoms with Gasteiger partial charge < -0.3 is 10.2 Å². The van der Waals surface area contributed by atoms with Gasteiger partial charge in [-0.3, -0.25) is 4.79 Å². The van der Waals surface area contributed by atoms with Crippen molar-refractivity contribution in [3.8, 4) is 0 Å². The van der Waals surface area contributed by atoms with E-state index in [-0.39, 0.29) is 18.2 Å². The fourth-order valence-corrected chi connectivity index (χ4v) is 3.84. The quantitative estimate of drug-likeness (QED) is 0.909. The molecule has 3 atom stereocenters. The minimum atomic E-state index is -4.23. The highest BCUT2D eigenvalue weighted by Gasteiger charge is 2.46. The predicted octanol–water partition coefficient (Wildman–Crippen LogP) is 3.75. The number of hydrogen-bond acceptors (Lipinski definition) is 2. The molecule has 1 N–H and O–H groups in total. The van der Waals surface area contributed by atoms with E-state index in [0.29, 0.717) is 25.8 Å². The molecule has 1 aromatic carbocycles. The molecule has 1 aliphatic heterocycles. The van der Waals surface area contributed by atoms with Crippen LogP contribution in [0.25, 0.3) is 0 Å². The maximum atomic E-state index is 13.1. The maximum absolute atomic E-state index is 13.1. The van der Waals surface area contributed by atoms with Gasteiger partial charge in [0.1, 0.15) is 0 Å². The average molecular weight is 340 g/mol. The van der Waals surface area contributed by atoms with Crippen LogP contribution in [0.4, 0.5) is 18.9 Å². The first-order valence-electron chi connectivity index (χ1n) is 8.62. The Hall–Kier alpha value is -1.72. The van der Waals surface area contributed by atoms with Crippen LogP contribution in [0.2, 0.25) is 0 Å². The van der Waals surface area contributed by atoms with Gasteiger partial charge in [-0.15, -0.1) is 0 Å². The Bertz CT molecular complexity index is 561. The third kappa shape index (κ3) is 3.84. The summed E-state index contributed by atoms with van der Waals surface area (Å²) in [7, 11) is 0. The van der Waals surface area contributed by atoms with E-state index in [1.807, 2.05) is 30.3 Å². The highest BCUT2D eigenvalue weighted by Crippen LogP contribution is 2.38. The molecule has 1 amide bonds. The predicted molar refractivity (Wildman–Crippen MR) is 86.7 cm³/mol. The zero-order valence-corrected chi connectivity index (χ0v) is 13.6. The van der Waals surface area contributed by atoms with E-state index in [9.17, 15) is 18.0 Å². The molecule has 0 bridgehead atoms. The molecular weight excluding hydrogens is 317 g/mol. The van der Waals surface area contributed by atoms with Gasteiger partial charge in [-0.1, -0.05) is 31.0 Å². The summed E-state index contributed by atoms with van der Waals surface area (Å²) in [6.45, 7) is 1.33. The van der Waals surface area contributed by atoms with Crippen molar-refractivity contribution in [2.45, 2.75) is 44.3 Å². The van der Waals surface area contributed by atoms with Crippen molar-refractivity contribution in [2.75, 3.05) is 18.0 Å². The fourth-order valence-electron chi connectivity index (χ4n) is 3.84. The number of halogens is 3. The van der Waals surface area contributed by atoms with Crippen molar-refractivity contribution in [2.24, 2.45) is 11.8 Å². The van der Waals surface area contributed by atoms with Crippen molar-refractivity contribution in [3.05, 3.63) is 30.3 Å². The van der Waals surface area contributed by atoms with Crippen molar-refractivity contribution in [3.63, 3.8) is 0 Å².